The fourth-order valence-corrected chi connectivity index (χ4v) is 2.68. The average molecular weight is 317 g/mol. The molecule has 0 saturated heterocycles. The SMILES string of the molecule is [CH2]CC(Cn1cncn1)(Cn1cncn1)c1ccc(F)cc1F. The largest absolute Gasteiger partial charge is 0.252 e. The van der Waals surface area contributed by atoms with Crippen molar-refractivity contribution in [3.8, 4) is 0 Å². The van der Waals surface area contributed by atoms with Gasteiger partial charge in [-0.15, -0.1) is 0 Å². The van der Waals surface area contributed by atoms with Gasteiger partial charge in [-0.05, 0) is 18.1 Å². The van der Waals surface area contributed by atoms with E-state index in [9.17, 15) is 8.78 Å². The predicted molar refractivity (Wildman–Crippen MR) is 78.1 cm³/mol. The van der Waals surface area contributed by atoms with Crippen molar-refractivity contribution in [3.63, 3.8) is 0 Å². The van der Waals surface area contributed by atoms with Crippen LogP contribution >= 0.6 is 0 Å². The van der Waals surface area contributed by atoms with Crippen LogP contribution in [0.2, 0.25) is 0 Å². The molecule has 23 heavy (non-hydrogen) atoms. The molecular formula is C15H15F2N6. The number of benzene rings is 1. The molecule has 1 aromatic carbocycles. The smallest absolute Gasteiger partial charge is 0.137 e. The van der Waals surface area contributed by atoms with Crippen LogP contribution in [0.4, 0.5) is 8.78 Å². The van der Waals surface area contributed by atoms with Gasteiger partial charge in [-0.2, -0.15) is 10.2 Å². The van der Waals surface area contributed by atoms with Crippen molar-refractivity contribution in [1.82, 2.24) is 29.5 Å². The van der Waals surface area contributed by atoms with Gasteiger partial charge in [-0.25, -0.2) is 18.7 Å². The average Bonchev–Trinajstić information content (AvgIpc) is 3.20. The topological polar surface area (TPSA) is 61.4 Å². The predicted octanol–water partition coefficient (Wildman–Crippen LogP) is 2.01. The monoisotopic (exact) mass is 317 g/mol. The lowest BCUT2D eigenvalue weighted by Crippen LogP contribution is -2.37. The molecule has 2 heterocycles. The fraction of sp³-hybridized carbons (Fsp3) is 0.267. The van der Waals surface area contributed by atoms with E-state index in [-0.39, 0.29) is 0 Å². The third-order valence-electron chi connectivity index (χ3n) is 3.84. The molecular weight excluding hydrogens is 302 g/mol. The Labute approximate surface area is 131 Å². The van der Waals surface area contributed by atoms with Gasteiger partial charge >= 0.3 is 0 Å². The lowest BCUT2D eigenvalue weighted by molar-refractivity contribution is 0.277. The maximum Gasteiger partial charge on any atom is 0.137 e. The van der Waals surface area contributed by atoms with Crippen LogP contribution in [0, 0.1) is 18.6 Å². The molecule has 0 atom stereocenters. The van der Waals surface area contributed by atoms with E-state index in [1.165, 1.54) is 24.8 Å². The van der Waals surface area contributed by atoms with Crippen molar-refractivity contribution in [1.29, 1.82) is 0 Å². The van der Waals surface area contributed by atoms with Crippen molar-refractivity contribution >= 4 is 0 Å². The number of aromatic nitrogens is 6. The summed E-state index contributed by atoms with van der Waals surface area (Å²) in [6, 6.07) is 3.57. The molecule has 0 bridgehead atoms. The van der Waals surface area contributed by atoms with Crippen LogP contribution in [0.5, 0.6) is 0 Å². The van der Waals surface area contributed by atoms with Gasteiger partial charge in [0.15, 0.2) is 0 Å². The van der Waals surface area contributed by atoms with Gasteiger partial charge in [0.05, 0.1) is 13.1 Å². The second kappa shape index (κ2) is 6.23. The zero-order chi connectivity index (χ0) is 16.3. The zero-order valence-electron chi connectivity index (χ0n) is 12.3. The van der Waals surface area contributed by atoms with Crippen molar-refractivity contribution < 1.29 is 8.78 Å². The van der Waals surface area contributed by atoms with Crippen LogP contribution in [0.3, 0.4) is 0 Å². The third-order valence-corrected chi connectivity index (χ3v) is 3.84. The van der Waals surface area contributed by atoms with Gasteiger partial charge in [0, 0.05) is 11.5 Å². The minimum absolute atomic E-state index is 0.332. The molecule has 3 aromatic rings. The van der Waals surface area contributed by atoms with Gasteiger partial charge in [-0.1, -0.05) is 13.0 Å². The molecule has 2 aromatic heterocycles. The molecule has 6 nitrogen and oxygen atoms in total. The third kappa shape index (κ3) is 3.10. The van der Waals surface area contributed by atoms with Crippen molar-refractivity contribution in [3.05, 3.63) is 67.6 Å². The number of rotatable bonds is 6. The molecule has 0 aliphatic rings. The molecule has 8 heteroatoms. The first-order valence-corrected chi connectivity index (χ1v) is 7.02. The number of halogens is 2. The Hall–Kier alpha value is -2.64. The quantitative estimate of drug-likeness (QED) is 0.698. The van der Waals surface area contributed by atoms with E-state index in [2.05, 4.69) is 27.1 Å². The highest BCUT2D eigenvalue weighted by molar-refractivity contribution is 5.28. The van der Waals surface area contributed by atoms with E-state index in [0.29, 0.717) is 25.1 Å². The molecule has 3 rings (SSSR count). The number of nitrogens with zero attached hydrogens (tertiary/aromatic N) is 6. The summed E-state index contributed by atoms with van der Waals surface area (Å²) in [5.74, 6) is -1.24. The van der Waals surface area contributed by atoms with Gasteiger partial charge < -0.3 is 0 Å². The maximum absolute atomic E-state index is 14.4. The number of hydrogen-bond acceptors (Lipinski definition) is 4. The Morgan fingerprint density at radius 3 is 2.04 bits per heavy atom. The molecule has 0 aliphatic heterocycles. The number of hydrogen-bond donors (Lipinski definition) is 0. The van der Waals surface area contributed by atoms with E-state index in [0.717, 1.165) is 6.07 Å². The van der Waals surface area contributed by atoms with Crippen LogP contribution in [-0.2, 0) is 18.5 Å². The minimum atomic E-state index is -0.765. The molecule has 0 fully saturated rings. The van der Waals surface area contributed by atoms with E-state index in [1.54, 1.807) is 22.0 Å². The second-order valence-corrected chi connectivity index (χ2v) is 5.34. The Morgan fingerprint density at radius 1 is 1.00 bits per heavy atom. The molecule has 0 spiro atoms. The standard InChI is InChI=1S/C15H15F2N6/c1-2-15(6-22-10-18-8-20-22,7-23-11-19-9-21-23)13-4-3-12(16)5-14(13)17/h3-5,8-11H,1-2,6-7H2. The highest BCUT2D eigenvalue weighted by Crippen LogP contribution is 2.33. The van der Waals surface area contributed by atoms with Crippen LogP contribution in [0.15, 0.2) is 43.5 Å². The molecule has 0 N–H and O–H groups in total. The minimum Gasteiger partial charge on any atom is -0.252 e. The first-order valence-electron chi connectivity index (χ1n) is 7.02. The molecule has 0 saturated carbocycles. The van der Waals surface area contributed by atoms with Crippen LogP contribution in [-0.4, -0.2) is 29.5 Å². The molecule has 119 valence electrons. The Kier molecular flexibility index (Phi) is 4.14. The summed E-state index contributed by atoms with van der Waals surface area (Å²) < 4.78 is 30.9. The molecule has 1 radical (unpaired) electrons. The van der Waals surface area contributed by atoms with Crippen molar-refractivity contribution in [2.24, 2.45) is 0 Å². The summed E-state index contributed by atoms with van der Waals surface area (Å²) in [7, 11) is 0. The summed E-state index contributed by atoms with van der Waals surface area (Å²) in [5.41, 5.74) is -0.404. The summed E-state index contributed by atoms with van der Waals surface area (Å²) >= 11 is 0. The van der Waals surface area contributed by atoms with E-state index >= 15 is 0 Å². The summed E-state index contributed by atoms with van der Waals surface area (Å²) in [6.45, 7) is 4.64. The fourth-order valence-electron chi connectivity index (χ4n) is 2.68. The highest BCUT2D eigenvalue weighted by atomic mass is 19.1. The molecule has 0 amide bonds. The van der Waals surface area contributed by atoms with E-state index in [4.69, 9.17) is 0 Å². The zero-order valence-corrected chi connectivity index (χ0v) is 12.3. The van der Waals surface area contributed by atoms with Crippen molar-refractivity contribution in [2.45, 2.75) is 24.9 Å². The van der Waals surface area contributed by atoms with Crippen LogP contribution < -0.4 is 0 Å². The molecule has 0 aliphatic carbocycles. The lowest BCUT2D eigenvalue weighted by Gasteiger charge is -2.33. The Bertz CT molecular complexity index is 718. The van der Waals surface area contributed by atoms with Gasteiger partial charge in [0.25, 0.3) is 0 Å². The first-order chi connectivity index (χ1) is 11.1. The van der Waals surface area contributed by atoms with Gasteiger partial charge in [-0.3, -0.25) is 9.36 Å². The maximum atomic E-state index is 14.4. The Balaban J connectivity index is 2.06. The van der Waals surface area contributed by atoms with E-state index in [1.807, 2.05) is 0 Å². The lowest BCUT2D eigenvalue weighted by atomic mass is 9.77. The normalized spacial score (nSPS) is 11.8. The Morgan fingerprint density at radius 2 is 1.61 bits per heavy atom. The summed E-state index contributed by atoms with van der Waals surface area (Å²) in [5, 5.41) is 8.17. The summed E-state index contributed by atoms with van der Waals surface area (Å²) in [4.78, 5) is 7.82. The first kappa shape index (κ1) is 15.3. The van der Waals surface area contributed by atoms with Crippen LogP contribution in [0.25, 0.3) is 0 Å². The van der Waals surface area contributed by atoms with E-state index < -0.39 is 17.0 Å². The van der Waals surface area contributed by atoms with Crippen LogP contribution in [0.1, 0.15) is 12.0 Å². The second-order valence-electron chi connectivity index (χ2n) is 5.34. The van der Waals surface area contributed by atoms with Gasteiger partial charge in [0.2, 0.25) is 0 Å². The van der Waals surface area contributed by atoms with Gasteiger partial charge in [0.1, 0.15) is 36.9 Å². The highest BCUT2D eigenvalue weighted by Gasteiger charge is 2.35. The van der Waals surface area contributed by atoms with Crippen molar-refractivity contribution in [2.75, 3.05) is 0 Å². The summed E-state index contributed by atoms with van der Waals surface area (Å²) in [6.07, 6.45) is 6.27. The molecule has 0 unspecified atom stereocenters.